The van der Waals surface area contributed by atoms with Crippen LogP contribution in [0.3, 0.4) is 0 Å². The van der Waals surface area contributed by atoms with Crippen molar-refractivity contribution >= 4 is 71.2 Å². The SMILES string of the molecule is C=C(C/C=C(\N=C(CC)c1ccccc1)c1ccc2ccc3sc(-c4cccc5c4oc4ccccc45)nc3c2c1)c1ccccc1. The van der Waals surface area contributed by atoms with Gasteiger partial charge in [-0.15, -0.1) is 11.3 Å². The van der Waals surface area contributed by atoms with E-state index in [9.17, 15) is 0 Å². The predicted octanol–water partition coefficient (Wildman–Crippen LogP) is 12.4. The number of allylic oxidation sites excluding steroid dienone is 2. The van der Waals surface area contributed by atoms with Gasteiger partial charge in [0.05, 0.1) is 21.5 Å². The van der Waals surface area contributed by atoms with Gasteiger partial charge < -0.3 is 4.42 Å². The third-order valence-corrected chi connectivity index (χ3v) is 9.78. The van der Waals surface area contributed by atoms with Crippen LogP contribution in [0.2, 0.25) is 0 Å². The van der Waals surface area contributed by atoms with Crippen molar-refractivity contribution in [1.29, 1.82) is 0 Å². The first-order valence-electron chi connectivity index (χ1n) is 16.0. The summed E-state index contributed by atoms with van der Waals surface area (Å²) in [4.78, 5) is 10.6. The van der Waals surface area contributed by atoms with Crippen LogP contribution in [-0.2, 0) is 0 Å². The Bertz CT molecular complexity index is 2480. The maximum absolute atomic E-state index is 6.37. The van der Waals surface area contributed by atoms with E-state index in [1.807, 2.05) is 24.3 Å². The highest BCUT2D eigenvalue weighted by atomic mass is 32.1. The molecule has 8 rings (SSSR count). The van der Waals surface area contributed by atoms with E-state index in [0.717, 1.165) is 93.6 Å². The molecule has 2 heterocycles. The second kappa shape index (κ2) is 12.3. The van der Waals surface area contributed by atoms with E-state index in [4.69, 9.17) is 14.4 Å². The molecule has 0 fully saturated rings. The van der Waals surface area contributed by atoms with Gasteiger partial charge in [0, 0.05) is 27.4 Å². The molecule has 0 saturated heterocycles. The molecule has 0 atom stereocenters. The number of hydrogen-bond acceptors (Lipinski definition) is 4. The van der Waals surface area contributed by atoms with E-state index < -0.39 is 0 Å². The minimum absolute atomic E-state index is 0.694. The first-order chi connectivity index (χ1) is 23.2. The Kier molecular flexibility index (Phi) is 7.56. The van der Waals surface area contributed by atoms with Crippen molar-refractivity contribution < 1.29 is 4.42 Å². The summed E-state index contributed by atoms with van der Waals surface area (Å²) in [6.07, 6.45) is 3.73. The maximum Gasteiger partial charge on any atom is 0.145 e. The lowest BCUT2D eigenvalue weighted by atomic mass is 10.0. The van der Waals surface area contributed by atoms with Gasteiger partial charge in [0.25, 0.3) is 0 Å². The number of aliphatic imine (C=N–C) groups is 1. The van der Waals surface area contributed by atoms with Crippen molar-refractivity contribution in [2.45, 2.75) is 19.8 Å². The zero-order valence-corrected chi connectivity index (χ0v) is 26.9. The topological polar surface area (TPSA) is 38.4 Å². The Hall–Kier alpha value is -5.58. The molecule has 0 N–H and O–H groups in total. The zero-order chi connectivity index (χ0) is 31.7. The fraction of sp³-hybridized carbons (Fsp3) is 0.0698. The van der Waals surface area contributed by atoms with Crippen molar-refractivity contribution in [2.24, 2.45) is 4.99 Å². The van der Waals surface area contributed by atoms with Crippen molar-refractivity contribution in [2.75, 3.05) is 0 Å². The van der Waals surface area contributed by atoms with Crippen molar-refractivity contribution in [3.8, 4) is 10.6 Å². The summed E-state index contributed by atoms with van der Waals surface area (Å²) in [5.74, 6) is 0. The highest BCUT2D eigenvalue weighted by Crippen LogP contribution is 2.40. The monoisotopic (exact) mass is 624 g/mol. The first-order valence-corrected chi connectivity index (χ1v) is 16.8. The fourth-order valence-corrected chi connectivity index (χ4v) is 7.27. The summed E-state index contributed by atoms with van der Waals surface area (Å²) in [6.45, 7) is 6.56. The average Bonchev–Trinajstić information content (AvgIpc) is 3.74. The third-order valence-electron chi connectivity index (χ3n) is 8.73. The molecule has 0 aliphatic carbocycles. The van der Waals surface area contributed by atoms with Crippen LogP contribution in [0.4, 0.5) is 0 Å². The summed E-state index contributed by atoms with van der Waals surface area (Å²) >= 11 is 1.70. The molecule has 2 aromatic heterocycles. The smallest absolute Gasteiger partial charge is 0.145 e. The van der Waals surface area contributed by atoms with Crippen LogP contribution in [0.1, 0.15) is 36.5 Å². The zero-order valence-electron chi connectivity index (χ0n) is 26.1. The largest absolute Gasteiger partial charge is 0.455 e. The molecule has 6 aromatic carbocycles. The molecular weight excluding hydrogens is 593 g/mol. The van der Waals surface area contributed by atoms with E-state index >= 15 is 0 Å². The normalized spacial score (nSPS) is 12.4. The van der Waals surface area contributed by atoms with Gasteiger partial charge in [-0.1, -0.05) is 129 Å². The summed E-state index contributed by atoms with van der Waals surface area (Å²) < 4.78 is 7.51. The summed E-state index contributed by atoms with van der Waals surface area (Å²) in [5.41, 5.74) is 10.2. The van der Waals surface area contributed by atoms with Crippen molar-refractivity contribution in [1.82, 2.24) is 4.98 Å². The number of benzene rings is 6. The number of para-hydroxylation sites is 2. The molecule has 0 amide bonds. The predicted molar refractivity (Wildman–Crippen MR) is 201 cm³/mol. The van der Waals surface area contributed by atoms with Crippen LogP contribution in [0.25, 0.3) is 64.8 Å². The number of thiazole rings is 1. The lowest BCUT2D eigenvalue weighted by Gasteiger charge is -2.11. The van der Waals surface area contributed by atoms with E-state index in [2.05, 4.69) is 129 Å². The Labute approximate surface area is 277 Å². The highest BCUT2D eigenvalue weighted by Gasteiger charge is 2.17. The number of furan rings is 1. The van der Waals surface area contributed by atoms with Crippen LogP contribution in [0, 0.1) is 0 Å². The number of hydrogen-bond donors (Lipinski definition) is 0. The molecule has 4 heteroatoms. The minimum Gasteiger partial charge on any atom is -0.455 e. The molecule has 0 aliphatic rings. The van der Waals surface area contributed by atoms with Gasteiger partial charge >= 0.3 is 0 Å². The van der Waals surface area contributed by atoms with E-state index in [1.54, 1.807) is 11.3 Å². The molecule has 3 nitrogen and oxygen atoms in total. The molecule has 0 spiro atoms. The third kappa shape index (κ3) is 5.47. The van der Waals surface area contributed by atoms with Crippen LogP contribution >= 0.6 is 11.3 Å². The quantitative estimate of drug-likeness (QED) is 0.158. The summed E-state index contributed by atoms with van der Waals surface area (Å²) in [7, 11) is 0. The van der Waals surface area contributed by atoms with E-state index in [0.29, 0.717) is 6.42 Å². The molecule has 0 saturated carbocycles. The molecular formula is C43H32N2OS. The van der Waals surface area contributed by atoms with Crippen LogP contribution in [0.5, 0.6) is 0 Å². The van der Waals surface area contributed by atoms with Gasteiger partial charge in [0.15, 0.2) is 0 Å². The molecule has 0 bridgehead atoms. The highest BCUT2D eigenvalue weighted by molar-refractivity contribution is 7.21. The second-order valence-electron chi connectivity index (χ2n) is 11.7. The molecule has 0 aliphatic heterocycles. The van der Waals surface area contributed by atoms with E-state index in [-0.39, 0.29) is 0 Å². The van der Waals surface area contributed by atoms with E-state index in [1.165, 1.54) is 0 Å². The average molecular weight is 625 g/mol. The Morgan fingerprint density at radius 3 is 2.28 bits per heavy atom. The van der Waals surface area contributed by atoms with Gasteiger partial charge in [-0.25, -0.2) is 4.98 Å². The number of rotatable bonds is 8. The first kappa shape index (κ1) is 28.9. The molecule has 47 heavy (non-hydrogen) atoms. The Balaban J connectivity index is 1.26. The van der Waals surface area contributed by atoms with Gasteiger partial charge in [-0.2, -0.15) is 0 Å². The molecule has 0 radical (unpaired) electrons. The molecule has 8 aromatic rings. The maximum atomic E-state index is 6.37. The summed E-state index contributed by atoms with van der Waals surface area (Å²) in [5, 5.41) is 5.44. The van der Waals surface area contributed by atoms with Gasteiger partial charge in [0.1, 0.15) is 16.2 Å². The number of nitrogens with zero attached hydrogens (tertiary/aromatic N) is 2. The van der Waals surface area contributed by atoms with Crippen LogP contribution < -0.4 is 0 Å². The van der Waals surface area contributed by atoms with Crippen LogP contribution in [0.15, 0.2) is 156 Å². The fourth-order valence-electron chi connectivity index (χ4n) is 6.26. The molecule has 0 unspecified atom stereocenters. The lowest BCUT2D eigenvalue weighted by molar-refractivity contribution is 0.670. The van der Waals surface area contributed by atoms with Gasteiger partial charge in [-0.3, -0.25) is 4.99 Å². The second-order valence-corrected chi connectivity index (χ2v) is 12.7. The lowest BCUT2D eigenvalue weighted by Crippen LogP contribution is -1.99. The Morgan fingerprint density at radius 2 is 1.47 bits per heavy atom. The van der Waals surface area contributed by atoms with Gasteiger partial charge in [-0.05, 0) is 59.2 Å². The van der Waals surface area contributed by atoms with Crippen molar-refractivity contribution in [3.63, 3.8) is 0 Å². The standard InChI is InChI=1S/C43H32N2OS/c1-3-37(31-15-8-5-9-16-31)44-38(25-21-28(2)29-13-6-4-7-14-29)32-23-22-30-24-26-40-41(36(30)27-32)45-43(47-40)35-19-12-18-34-33-17-10-11-20-39(33)46-42(34)35/h4-20,22-27H,2-3,21H2,1H3/b38-25-,44-37?. The Morgan fingerprint density at radius 1 is 0.745 bits per heavy atom. The minimum atomic E-state index is 0.694. The van der Waals surface area contributed by atoms with Crippen molar-refractivity contribution in [3.05, 3.63) is 163 Å². The number of fused-ring (bicyclic) bond motifs is 6. The summed E-state index contributed by atoms with van der Waals surface area (Å²) in [6, 6.07) is 46.3. The molecule has 226 valence electrons. The number of aromatic nitrogens is 1. The van der Waals surface area contributed by atoms with Gasteiger partial charge in [0.2, 0.25) is 0 Å². The van der Waals surface area contributed by atoms with Crippen LogP contribution in [-0.4, -0.2) is 10.7 Å².